The van der Waals surface area contributed by atoms with E-state index in [1.165, 1.54) is 0 Å². The minimum atomic E-state index is -0.753. The van der Waals surface area contributed by atoms with Gasteiger partial charge < -0.3 is 0 Å². The molecule has 0 aromatic carbocycles. The van der Waals surface area contributed by atoms with Gasteiger partial charge in [0.1, 0.15) is 0 Å². The number of carbonyl (C=O) groups is 2. The normalized spacial score (nSPS) is 20.5. The molecule has 0 aliphatic carbocycles. The lowest BCUT2D eigenvalue weighted by Crippen LogP contribution is -2.32. The number of hydrogen-bond acceptors (Lipinski definition) is 4. The van der Waals surface area contributed by atoms with E-state index in [4.69, 9.17) is 0 Å². The fourth-order valence-corrected chi connectivity index (χ4v) is 1.33. The molecule has 13 heavy (non-hydrogen) atoms. The van der Waals surface area contributed by atoms with Crippen molar-refractivity contribution in [3.8, 4) is 0 Å². The molecule has 1 fully saturated rings. The minimum Gasteiger partial charge on any atom is -0.289 e. The molecule has 1 heterocycles. The second-order valence-corrected chi connectivity index (χ2v) is 3.10. The van der Waals surface area contributed by atoms with Gasteiger partial charge in [0.2, 0.25) is 5.78 Å². The Kier molecular flexibility index (Phi) is 3.54. The molecule has 72 valence electrons. The van der Waals surface area contributed by atoms with Gasteiger partial charge in [0.05, 0.1) is 5.29 Å². The van der Waals surface area contributed by atoms with E-state index in [9.17, 15) is 14.5 Å². The summed E-state index contributed by atoms with van der Waals surface area (Å²) in [7, 11) is 0. The highest BCUT2D eigenvalue weighted by molar-refractivity contribution is 6.35. The maximum Gasteiger partial charge on any atom is 0.312 e. The first-order chi connectivity index (χ1) is 6.25. The summed E-state index contributed by atoms with van der Waals surface area (Å²) in [6.07, 6.45) is 3.59. The first-order valence-corrected chi connectivity index (χ1v) is 4.43. The van der Waals surface area contributed by atoms with Gasteiger partial charge in [0, 0.05) is 13.0 Å². The Bertz CT molecular complexity index is 227. The monoisotopic (exact) mass is 184 g/mol. The number of rotatable bonds is 1. The highest BCUT2D eigenvalue weighted by atomic mass is 16.3. The molecule has 0 aromatic rings. The van der Waals surface area contributed by atoms with E-state index in [1.807, 2.05) is 0 Å². The van der Waals surface area contributed by atoms with Crippen LogP contribution in [0, 0.1) is 4.91 Å². The number of Topliss-reactive ketones (excluding diaryl/α,β-unsaturated/α-hetero) is 1. The smallest absolute Gasteiger partial charge is 0.289 e. The third kappa shape index (κ3) is 2.61. The van der Waals surface area contributed by atoms with Crippen molar-refractivity contribution >= 4 is 11.7 Å². The van der Waals surface area contributed by atoms with Gasteiger partial charge in [-0.15, -0.1) is 4.91 Å². The molecular weight excluding hydrogens is 172 g/mol. The Morgan fingerprint density at radius 3 is 2.46 bits per heavy atom. The average molecular weight is 184 g/mol. The number of nitroso groups, excluding NO2 is 1. The molecule has 0 saturated carbocycles. The van der Waals surface area contributed by atoms with Crippen LogP contribution in [0.5, 0.6) is 0 Å². The number of nitrogens with zero attached hydrogens (tertiary/aromatic N) is 2. The van der Waals surface area contributed by atoms with Crippen molar-refractivity contribution in [3.05, 3.63) is 4.91 Å². The zero-order chi connectivity index (χ0) is 9.68. The number of amides is 1. The molecule has 1 aliphatic heterocycles. The molecule has 5 heteroatoms. The van der Waals surface area contributed by atoms with Crippen molar-refractivity contribution in [1.29, 1.82) is 0 Å². The van der Waals surface area contributed by atoms with E-state index < -0.39 is 11.7 Å². The summed E-state index contributed by atoms with van der Waals surface area (Å²) in [5, 5.41) is 3.27. The zero-order valence-corrected chi connectivity index (χ0v) is 7.36. The molecule has 1 saturated heterocycles. The van der Waals surface area contributed by atoms with Crippen LogP contribution in [0.2, 0.25) is 0 Å². The summed E-state index contributed by atoms with van der Waals surface area (Å²) in [5.41, 5.74) is 0. The number of hydrogen-bond donors (Lipinski definition) is 0. The van der Waals surface area contributed by atoms with Crippen molar-refractivity contribution in [2.75, 3.05) is 6.54 Å². The van der Waals surface area contributed by atoms with E-state index in [2.05, 4.69) is 5.29 Å². The standard InChI is InChI=1S/C8H12N2O3/c11-7-5-3-1-2-4-6-10(9-13)8(7)12/h1-6H2. The van der Waals surface area contributed by atoms with E-state index >= 15 is 0 Å². The molecular formula is C8H12N2O3. The van der Waals surface area contributed by atoms with Crippen molar-refractivity contribution in [1.82, 2.24) is 5.01 Å². The minimum absolute atomic E-state index is 0.241. The third-order valence-electron chi connectivity index (χ3n) is 2.10. The summed E-state index contributed by atoms with van der Waals surface area (Å²) in [6, 6.07) is 0. The Morgan fingerprint density at radius 2 is 1.77 bits per heavy atom. The number of carbonyl (C=O) groups excluding carboxylic acids is 2. The fraction of sp³-hybridized carbons (Fsp3) is 0.750. The van der Waals surface area contributed by atoms with E-state index in [-0.39, 0.29) is 13.0 Å². The SMILES string of the molecule is O=NN1CCCCCCC(=O)C1=O. The highest BCUT2D eigenvalue weighted by Gasteiger charge is 2.22. The molecule has 1 amide bonds. The second-order valence-electron chi connectivity index (χ2n) is 3.10. The average Bonchev–Trinajstić information content (AvgIpc) is 2.21. The predicted octanol–water partition coefficient (Wildman–Crippen LogP) is 1.03. The van der Waals surface area contributed by atoms with Crippen LogP contribution < -0.4 is 0 Å². The van der Waals surface area contributed by atoms with Crippen molar-refractivity contribution in [3.63, 3.8) is 0 Å². The maximum atomic E-state index is 11.2. The molecule has 0 bridgehead atoms. The Labute approximate surface area is 76.0 Å². The van der Waals surface area contributed by atoms with Gasteiger partial charge in [-0.2, -0.15) is 5.01 Å². The van der Waals surface area contributed by atoms with Crippen LogP contribution in [0.1, 0.15) is 32.1 Å². The van der Waals surface area contributed by atoms with E-state index in [0.29, 0.717) is 0 Å². The molecule has 0 aromatic heterocycles. The van der Waals surface area contributed by atoms with Gasteiger partial charge >= 0.3 is 5.91 Å². The maximum absolute atomic E-state index is 11.2. The van der Waals surface area contributed by atoms with Gasteiger partial charge in [0.25, 0.3) is 0 Å². The zero-order valence-electron chi connectivity index (χ0n) is 7.36. The summed E-state index contributed by atoms with van der Waals surface area (Å²) in [5.74, 6) is -1.25. The second kappa shape index (κ2) is 4.69. The van der Waals surface area contributed by atoms with Crippen molar-refractivity contribution in [2.45, 2.75) is 32.1 Å². The van der Waals surface area contributed by atoms with Crippen molar-refractivity contribution < 1.29 is 9.59 Å². The first kappa shape index (κ1) is 9.83. The Morgan fingerprint density at radius 1 is 1.08 bits per heavy atom. The van der Waals surface area contributed by atoms with E-state index in [0.717, 1.165) is 30.7 Å². The lowest BCUT2D eigenvalue weighted by atomic mass is 10.1. The Hall–Kier alpha value is -1.26. The van der Waals surface area contributed by atoms with E-state index in [1.54, 1.807) is 0 Å². The lowest BCUT2D eigenvalue weighted by Gasteiger charge is -2.09. The summed E-state index contributed by atoms with van der Waals surface area (Å²) < 4.78 is 0. The summed E-state index contributed by atoms with van der Waals surface area (Å²) in [4.78, 5) is 32.5. The Balaban J connectivity index is 2.65. The molecule has 0 atom stereocenters. The van der Waals surface area contributed by atoms with Crippen LogP contribution in [-0.2, 0) is 9.59 Å². The van der Waals surface area contributed by atoms with Gasteiger partial charge in [-0.1, -0.05) is 12.8 Å². The van der Waals surface area contributed by atoms with Gasteiger partial charge in [0.15, 0.2) is 0 Å². The number of ketones is 1. The van der Waals surface area contributed by atoms with Crippen LogP contribution >= 0.6 is 0 Å². The lowest BCUT2D eigenvalue weighted by molar-refractivity contribution is -0.144. The van der Waals surface area contributed by atoms with Gasteiger partial charge in [-0.3, -0.25) is 9.59 Å². The fourth-order valence-electron chi connectivity index (χ4n) is 1.33. The van der Waals surface area contributed by atoms with Crippen LogP contribution in [-0.4, -0.2) is 23.2 Å². The summed E-state index contributed by atoms with van der Waals surface area (Å²) in [6.45, 7) is 0.272. The van der Waals surface area contributed by atoms with Crippen LogP contribution in [0.4, 0.5) is 0 Å². The first-order valence-electron chi connectivity index (χ1n) is 4.43. The quantitative estimate of drug-likeness (QED) is 0.451. The molecule has 1 aliphatic rings. The van der Waals surface area contributed by atoms with Gasteiger partial charge in [-0.05, 0) is 12.8 Å². The van der Waals surface area contributed by atoms with Crippen LogP contribution in [0.15, 0.2) is 5.29 Å². The van der Waals surface area contributed by atoms with Gasteiger partial charge in [-0.25, -0.2) is 0 Å². The topological polar surface area (TPSA) is 66.8 Å². The molecule has 1 rings (SSSR count). The molecule has 0 radical (unpaired) electrons. The molecule has 5 nitrogen and oxygen atoms in total. The predicted molar refractivity (Wildman–Crippen MR) is 45.6 cm³/mol. The highest BCUT2D eigenvalue weighted by Crippen LogP contribution is 2.10. The van der Waals surface area contributed by atoms with Crippen molar-refractivity contribution in [2.24, 2.45) is 5.29 Å². The largest absolute Gasteiger partial charge is 0.312 e. The third-order valence-corrected chi connectivity index (χ3v) is 2.10. The van der Waals surface area contributed by atoms with Crippen LogP contribution in [0.25, 0.3) is 0 Å². The molecule has 0 spiro atoms. The summed E-state index contributed by atoms with van der Waals surface area (Å²) >= 11 is 0. The molecule has 0 N–H and O–H groups in total. The molecule has 0 unspecified atom stereocenters. The van der Waals surface area contributed by atoms with Crippen LogP contribution in [0.3, 0.4) is 0 Å².